The van der Waals surface area contributed by atoms with Gasteiger partial charge in [0.05, 0.1) is 13.2 Å². The molecule has 5 nitrogen and oxygen atoms in total. The summed E-state index contributed by atoms with van der Waals surface area (Å²) in [6.45, 7) is 3.07. The maximum Gasteiger partial charge on any atom is 0.203 e. The van der Waals surface area contributed by atoms with Crippen molar-refractivity contribution in [3.8, 4) is 11.8 Å². The number of anilines is 1. The van der Waals surface area contributed by atoms with Gasteiger partial charge in [0.2, 0.25) is 5.78 Å². The number of benzene rings is 2. The molecule has 1 aliphatic rings. The second kappa shape index (κ2) is 7.65. The van der Waals surface area contributed by atoms with Gasteiger partial charge >= 0.3 is 0 Å². The second-order valence-electron chi connectivity index (χ2n) is 5.74. The Morgan fingerprint density at radius 1 is 1.08 bits per heavy atom. The molecular formula is C20H18N2O3. The summed E-state index contributed by atoms with van der Waals surface area (Å²) in [7, 11) is 0. The van der Waals surface area contributed by atoms with Gasteiger partial charge in [-0.05, 0) is 48.0 Å². The monoisotopic (exact) mass is 334 g/mol. The van der Waals surface area contributed by atoms with Crippen LogP contribution in [0.25, 0.3) is 6.08 Å². The molecule has 0 aromatic heterocycles. The number of phenolic OH excluding ortho intramolecular Hbond substituents is 1. The summed E-state index contributed by atoms with van der Waals surface area (Å²) in [5, 5.41) is 18.6. The van der Waals surface area contributed by atoms with E-state index in [-0.39, 0.29) is 17.1 Å². The van der Waals surface area contributed by atoms with Gasteiger partial charge in [-0.1, -0.05) is 12.1 Å². The largest absolute Gasteiger partial charge is 0.508 e. The number of ether oxygens (including phenoxy) is 1. The maximum atomic E-state index is 12.6. The van der Waals surface area contributed by atoms with E-state index in [0.717, 1.165) is 18.8 Å². The summed E-state index contributed by atoms with van der Waals surface area (Å²) in [5.74, 6) is -0.176. The molecular weight excluding hydrogens is 316 g/mol. The number of Topliss-reactive ketones (excluding diaryl/α,β-unsaturated/α-hetero) is 1. The lowest BCUT2D eigenvalue weighted by atomic mass is 10.0. The predicted molar refractivity (Wildman–Crippen MR) is 95.5 cm³/mol. The first-order valence-corrected chi connectivity index (χ1v) is 8.05. The SMILES string of the molecule is N#CC(=Cc1ccc(O)cc1)C(=O)c1ccc(N2CCOCC2)cc1. The Labute approximate surface area is 146 Å². The molecule has 0 radical (unpaired) electrons. The third-order valence-electron chi connectivity index (χ3n) is 4.07. The van der Waals surface area contributed by atoms with E-state index >= 15 is 0 Å². The van der Waals surface area contributed by atoms with Gasteiger partial charge in [-0.25, -0.2) is 0 Å². The molecule has 3 rings (SSSR count). The molecule has 126 valence electrons. The van der Waals surface area contributed by atoms with E-state index in [4.69, 9.17) is 4.74 Å². The number of phenols is 1. The summed E-state index contributed by atoms with van der Waals surface area (Å²) in [5.41, 5.74) is 2.27. The van der Waals surface area contributed by atoms with E-state index in [2.05, 4.69) is 4.90 Å². The van der Waals surface area contributed by atoms with Crippen LogP contribution in [0.3, 0.4) is 0 Å². The molecule has 0 unspecified atom stereocenters. The van der Waals surface area contributed by atoms with Crippen LogP contribution in [0.2, 0.25) is 0 Å². The van der Waals surface area contributed by atoms with Crippen molar-refractivity contribution < 1.29 is 14.6 Å². The molecule has 2 aromatic rings. The van der Waals surface area contributed by atoms with E-state index in [1.54, 1.807) is 24.3 Å². The number of morpholine rings is 1. The molecule has 0 spiro atoms. The third kappa shape index (κ3) is 4.06. The minimum Gasteiger partial charge on any atom is -0.508 e. The van der Waals surface area contributed by atoms with Gasteiger partial charge in [-0.15, -0.1) is 0 Å². The average Bonchev–Trinajstić information content (AvgIpc) is 2.68. The van der Waals surface area contributed by atoms with Crippen LogP contribution in [0.15, 0.2) is 54.1 Å². The first-order valence-electron chi connectivity index (χ1n) is 8.05. The van der Waals surface area contributed by atoms with Crippen LogP contribution in [0.4, 0.5) is 5.69 Å². The van der Waals surface area contributed by atoms with Gasteiger partial charge in [-0.3, -0.25) is 4.79 Å². The van der Waals surface area contributed by atoms with Crippen molar-refractivity contribution in [2.75, 3.05) is 31.2 Å². The summed E-state index contributed by atoms with van der Waals surface area (Å²) in [6, 6.07) is 15.6. The van der Waals surface area contributed by atoms with Crippen molar-refractivity contribution in [2.24, 2.45) is 0 Å². The molecule has 2 aromatic carbocycles. The zero-order valence-electron chi connectivity index (χ0n) is 13.7. The van der Waals surface area contributed by atoms with Crippen molar-refractivity contribution in [2.45, 2.75) is 0 Å². The first kappa shape index (κ1) is 16.7. The Balaban J connectivity index is 1.78. The number of carbonyl (C=O) groups is 1. The van der Waals surface area contributed by atoms with Crippen LogP contribution in [0.5, 0.6) is 5.75 Å². The quantitative estimate of drug-likeness (QED) is 0.528. The number of nitrogens with zero attached hydrogens (tertiary/aromatic N) is 2. The van der Waals surface area contributed by atoms with Gasteiger partial charge in [-0.2, -0.15) is 5.26 Å². The van der Waals surface area contributed by atoms with Gasteiger partial charge < -0.3 is 14.7 Å². The Bertz CT molecular complexity index is 812. The van der Waals surface area contributed by atoms with Crippen LogP contribution in [0, 0.1) is 11.3 Å². The number of nitriles is 1. The van der Waals surface area contributed by atoms with Crippen LogP contribution in [-0.2, 0) is 4.74 Å². The minimum absolute atomic E-state index is 0.0600. The molecule has 1 N–H and O–H groups in total. The van der Waals surface area contributed by atoms with E-state index < -0.39 is 0 Å². The highest BCUT2D eigenvalue weighted by Gasteiger charge is 2.14. The highest BCUT2D eigenvalue weighted by Crippen LogP contribution is 2.19. The number of carbonyl (C=O) groups excluding carboxylic acids is 1. The predicted octanol–water partition coefficient (Wildman–Crippen LogP) is 3.02. The Morgan fingerprint density at radius 2 is 1.72 bits per heavy atom. The number of rotatable bonds is 4. The number of aromatic hydroxyl groups is 1. The van der Waals surface area contributed by atoms with E-state index in [1.165, 1.54) is 18.2 Å². The summed E-state index contributed by atoms with van der Waals surface area (Å²) in [4.78, 5) is 14.8. The molecule has 0 atom stereocenters. The van der Waals surface area contributed by atoms with Crippen molar-refractivity contribution in [3.05, 3.63) is 65.2 Å². The highest BCUT2D eigenvalue weighted by molar-refractivity contribution is 6.14. The number of hydrogen-bond donors (Lipinski definition) is 1. The smallest absolute Gasteiger partial charge is 0.203 e. The molecule has 0 amide bonds. The second-order valence-corrected chi connectivity index (χ2v) is 5.74. The summed E-state index contributed by atoms with van der Waals surface area (Å²) in [6.07, 6.45) is 1.53. The van der Waals surface area contributed by atoms with Gasteiger partial charge in [0.1, 0.15) is 17.4 Å². The fourth-order valence-electron chi connectivity index (χ4n) is 2.69. The van der Waals surface area contributed by atoms with Crippen molar-refractivity contribution >= 4 is 17.5 Å². The lowest BCUT2D eigenvalue weighted by Gasteiger charge is -2.28. The van der Waals surface area contributed by atoms with Gasteiger partial charge in [0.25, 0.3) is 0 Å². The molecule has 1 heterocycles. The highest BCUT2D eigenvalue weighted by atomic mass is 16.5. The standard InChI is InChI=1S/C20H18N2O3/c21-14-17(13-15-1-7-19(23)8-2-15)20(24)16-3-5-18(6-4-16)22-9-11-25-12-10-22/h1-8,13,23H,9-12H2. The number of hydrogen-bond acceptors (Lipinski definition) is 5. The molecule has 0 saturated carbocycles. The lowest BCUT2D eigenvalue weighted by molar-refractivity contribution is 0.104. The first-order chi connectivity index (χ1) is 12.2. The van der Waals surface area contributed by atoms with Crippen LogP contribution >= 0.6 is 0 Å². The normalized spacial score (nSPS) is 14.8. The zero-order chi connectivity index (χ0) is 17.6. The van der Waals surface area contributed by atoms with E-state index in [9.17, 15) is 15.2 Å². The minimum atomic E-state index is -0.316. The van der Waals surface area contributed by atoms with Gasteiger partial charge in [0.15, 0.2) is 0 Å². The summed E-state index contributed by atoms with van der Waals surface area (Å²) < 4.78 is 5.34. The van der Waals surface area contributed by atoms with Crippen LogP contribution in [0.1, 0.15) is 15.9 Å². The van der Waals surface area contributed by atoms with Crippen molar-refractivity contribution in [1.29, 1.82) is 5.26 Å². The number of allylic oxidation sites excluding steroid dienone is 1. The van der Waals surface area contributed by atoms with Crippen LogP contribution in [-0.4, -0.2) is 37.2 Å². The fraction of sp³-hybridized carbons (Fsp3) is 0.200. The molecule has 25 heavy (non-hydrogen) atoms. The van der Waals surface area contributed by atoms with E-state index in [1.807, 2.05) is 18.2 Å². The Kier molecular flexibility index (Phi) is 5.12. The van der Waals surface area contributed by atoms with Crippen molar-refractivity contribution in [3.63, 3.8) is 0 Å². The Hall–Kier alpha value is -3.10. The Morgan fingerprint density at radius 3 is 2.32 bits per heavy atom. The average molecular weight is 334 g/mol. The van der Waals surface area contributed by atoms with Gasteiger partial charge in [0, 0.05) is 24.3 Å². The van der Waals surface area contributed by atoms with Crippen LogP contribution < -0.4 is 4.90 Å². The zero-order valence-corrected chi connectivity index (χ0v) is 13.7. The molecule has 1 aliphatic heterocycles. The molecule has 5 heteroatoms. The third-order valence-corrected chi connectivity index (χ3v) is 4.07. The topological polar surface area (TPSA) is 73.6 Å². The lowest BCUT2D eigenvalue weighted by Crippen LogP contribution is -2.36. The maximum absolute atomic E-state index is 12.6. The number of ketones is 1. The molecule has 0 bridgehead atoms. The van der Waals surface area contributed by atoms with E-state index in [0.29, 0.717) is 24.3 Å². The summed E-state index contributed by atoms with van der Waals surface area (Å²) >= 11 is 0. The molecule has 1 fully saturated rings. The van der Waals surface area contributed by atoms with Crippen molar-refractivity contribution in [1.82, 2.24) is 0 Å². The molecule has 1 saturated heterocycles. The molecule has 0 aliphatic carbocycles. The fourth-order valence-corrected chi connectivity index (χ4v) is 2.69.